The lowest BCUT2D eigenvalue weighted by Crippen LogP contribution is -2.47. The minimum atomic E-state index is -0.361. The van der Waals surface area contributed by atoms with Crippen molar-refractivity contribution in [2.45, 2.75) is 39.3 Å². The van der Waals surface area contributed by atoms with Gasteiger partial charge in [-0.05, 0) is 56.0 Å². The highest BCUT2D eigenvalue weighted by Gasteiger charge is 2.40. The molecule has 2 aromatic rings. The van der Waals surface area contributed by atoms with E-state index in [2.05, 4.69) is 29.3 Å². The van der Waals surface area contributed by atoms with E-state index in [-0.39, 0.29) is 29.7 Å². The van der Waals surface area contributed by atoms with Gasteiger partial charge in [0.05, 0.1) is 24.3 Å². The van der Waals surface area contributed by atoms with Crippen molar-refractivity contribution in [2.75, 3.05) is 7.11 Å². The molecule has 174 valence electrons. The van der Waals surface area contributed by atoms with Crippen LogP contribution in [0.15, 0.2) is 65.8 Å². The van der Waals surface area contributed by atoms with E-state index in [1.54, 1.807) is 12.1 Å². The Bertz CT molecular complexity index is 1190. The molecule has 0 fully saturated rings. The number of carbonyl (C=O) groups is 2. The zero-order chi connectivity index (χ0) is 24.1. The van der Waals surface area contributed by atoms with Crippen molar-refractivity contribution in [3.05, 3.63) is 77.4 Å². The number of ether oxygens (including phenoxy) is 1. The molecule has 6 nitrogen and oxygen atoms in total. The van der Waals surface area contributed by atoms with E-state index in [4.69, 9.17) is 9.84 Å². The average molecular weight is 456 g/mol. The number of fused-ring (bicyclic) bond motifs is 1. The summed E-state index contributed by atoms with van der Waals surface area (Å²) in [6.07, 6.45) is 5.70. The summed E-state index contributed by atoms with van der Waals surface area (Å²) >= 11 is 0. The summed E-state index contributed by atoms with van der Waals surface area (Å²) in [5.41, 5.74) is 3.38. The number of amides is 2. The van der Waals surface area contributed by atoms with Crippen molar-refractivity contribution in [1.82, 2.24) is 10.3 Å². The van der Waals surface area contributed by atoms with E-state index in [9.17, 15) is 9.59 Å². The fourth-order valence-electron chi connectivity index (χ4n) is 4.35. The summed E-state index contributed by atoms with van der Waals surface area (Å²) in [6.45, 7) is 4.35. The standard InChI is InChI=1S/C28H29N3O3/c1-19(2)31-28(33)24-12-8-7-11-23(24)27(30-31)22-13-15-25(34-3)21(17-22)14-16-26(32)29-18-20-9-5-4-6-10-20/h4-10,13,15,17,19,23-24H,11-12,18H2,1-3H3,(H,29,32)/t23-,24+/m0/s1. The van der Waals surface area contributed by atoms with E-state index < -0.39 is 0 Å². The first-order chi connectivity index (χ1) is 16.5. The van der Waals surface area contributed by atoms with Crippen molar-refractivity contribution in [3.8, 4) is 17.6 Å². The fraction of sp³-hybridized carbons (Fsp3) is 0.321. The second-order valence-electron chi connectivity index (χ2n) is 8.75. The Labute approximate surface area is 200 Å². The summed E-state index contributed by atoms with van der Waals surface area (Å²) in [5.74, 6) is 5.84. The van der Waals surface area contributed by atoms with Crippen molar-refractivity contribution in [3.63, 3.8) is 0 Å². The smallest absolute Gasteiger partial charge is 0.296 e. The van der Waals surface area contributed by atoms with E-state index in [0.717, 1.165) is 29.7 Å². The molecule has 0 saturated heterocycles. The first-order valence-corrected chi connectivity index (χ1v) is 11.6. The molecule has 1 N–H and O–H groups in total. The first-order valence-electron chi connectivity index (χ1n) is 11.6. The van der Waals surface area contributed by atoms with E-state index >= 15 is 0 Å². The van der Waals surface area contributed by atoms with Gasteiger partial charge in [0.25, 0.3) is 5.91 Å². The number of methoxy groups -OCH3 is 1. The van der Waals surface area contributed by atoms with Crippen LogP contribution in [0.2, 0.25) is 0 Å². The molecule has 0 radical (unpaired) electrons. The topological polar surface area (TPSA) is 71.0 Å². The summed E-state index contributed by atoms with van der Waals surface area (Å²) in [7, 11) is 1.58. The number of carbonyl (C=O) groups excluding carboxylic acids is 2. The molecule has 2 aliphatic rings. The van der Waals surface area contributed by atoms with Gasteiger partial charge in [-0.15, -0.1) is 0 Å². The van der Waals surface area contributed by atoms with Crippen LogP contribution in [0.5, 0.6) is 5.75 Å². The Balaban J connectivity index is 1.61. The SMILES string of the molecule is COc1ccc(C2=NN(C(C)C)C(=O)[C@@H]3CC=CC[C@H]23)cc1C#CC(=O)NCc1ccccc1. The van der Waals surface area contributed by atoms with Gasteiger partial charge < -0.3 is 10.1 Å². The molecule has 0 aromatic heterocycles. The molecule has 1 heterocycles. The number of benzene rings is 2. The monoisotopic (exact) mass is 455 g/mol. The van der Waals surface area contributed by atoms with Gasteiger partial charge in [0, 0.05) is 24.4 Å². The molecular formula is C28H29N3O3. The number of hydrogen-bond acceptors (Lipinski definition) is 4. The lowest BCUT2D eigenvalue weighted by Gasteiger charge is -2.38. The van der Waals surface area contributed by atoms with Crippen LogP contribution < -0.4 is 10.1 Å². The van der Waals surface area contributed by atoms with Crippen LogP contribution in [-0.4, -0.2) is 35.7 Å². The third kappa shape index (κ3) is 5.04. The van der Waals surface area contributed by atoms with E-state index in [1.165, 1.54) is 0 Å². The predicted octanol–water partition coefficient (Wildman–Crippen LogP) is 3.90. The lowest BCUT2D eigenvalue weighted by atomic mass is 9.76. The highest BCUT2D eigenvalue weighted by Crippen LogP contribution is 2.36. The van der Waals surface area contributed by atoms with E-state index in [0.29, 0.717) is 17.9 Å². The Kier molecular flexibility index (Phi) is 7.12. The molecule has 0 bridgehead atoms. The van der Waals surface area contributed by atoms with Crippen LogP contribution in [0, 0.1) is 23.7 Å². The number of hydrazone groups is 1. The molecule has 0 saturated carbocycles. The molecule has 2 amide bonds. The largest absolute Gasteiger partial charge is 0.495 e. The predicted molar refractivity (Wildman–Crippen MR) is 132 cm³/mol. The van der Waals surface area contributed by atoms with Crippen molar-refractivity contribution < 1.29 is 14.3 Å². The molecule has 34 heavy (non-hydrogen) atoms. The van der Waals surface area contributed by atoms with Crippen LogP contribution in [0.1, 0.15) is 43.4 Å². The van der Waals surface area contributed by atoms with Crippen LogP contribution in [0.4, 0.5) is 0 Å². The average Bonchev–Trinajstić information content (AvgIpc) is 2.87. The molecule has 1 aliphatic carbocycles. The Morgan fingerprint density at radius 3 is 2.59 bits per heavy atom. The maximum absolute atomic E-state index is 13.0. The van der Waals surface area contributed by atoms with Gasteiger partial charge in [0.1, 0.15) is 5.75 Å². The molecule has 0 unspecified atom stereocenters. The molecule has 0 spiro atoms. The zero-order valence-corrected chi connectivity index (χ0v) is 19.7. The van der Waals surface area contributed by atoms with Crippen molar-refractivity contribution in [2.24, 2.45) is 16.9 Å². The Hall–Kier alpha value is -3.85. The minimum absolute atomic E-state index is 0.0240. The number of rotatable bonds is 5. The molecule has 1 aliphatic heterocycles. The number of nitrogens with one attached hydrogen (secondary N) is 1. The Morgan fingerprint density at radius 2 is 1.88 bits per heavy atom. The third-order valence-corrected chi connectivity index (χ3v) is 6.13. The van der Waals surface area contributed by atoms with Gasteiger partial charge in [-0.25, -0.2) is 5.01 Å². The third-order valence-electron chi connectivity index (χ3n) is 6.13. The summed E-state index contributed by atoms with van der Waals surface area (Å²) in [4.78, 5) is 25.3. The second kappa shape index (κ2) is 10.4. The quantitative estimate of drug-likeness (QED) is 0.549. The minimum Gasteiger partial charge on any atom is -0.495 e. The van der Waals surface area contributed by atoms with E-state index in [1.807, 2.05) is 62.4 Å². The molecule has 2 atom stereocenters. The van der Waals surface area contributed by atoms with Crippen molar-refractivity contribution >= 4 is 17.5 Å². The van der Waals surface area contributed by atoms with Gasteiger partial charge in [0.15, 0.2) is 0 Å². The van der Waals surface area contributed by atoms with Crippen LogP contribution in [0.25, 0.3) is 0 Å². The molecule has 4 rings (SSSR count). The zero-order valence-electron chi connectivity index (χ0n) is 19.7. The highest BCUT2D eigenvalue weighted by molar-refractivity contribution is 6.07. The molecule has 6 heteroatoms. The number of allylic oxidation sites excluding steroid dienone is 2. The van der Waals surface area contributed by atoms with Gasteiger partial charge in [-0.1, -0.05) is 48.4 Å². The summed E-state index contributed by atoms with van der Waals surface area (Å²) < 4.78 is 5.48. The van der Waals surface area contributed by atoms with Crippen LogP contribution >= 0.6 is 0 Å². The normalized spacial score (nSPS) is 19.1. The fourth-order valence-corrected chi connectivity index (χ4v) is 4.35. The second-order valence-corrected chi connectivity index (χ2v) is 8.75. The van der Waals surface area contributed by atoms with Gasteiger partial charge >= 0.3 is 0 Å². The number of hydrogen-bond donors (Lipinski definition) is 1. The Morgan fingerprint density at radius 1 is 1.15 bits per heavy atom. The summed E-state index contributed by atoms with van der Waals surface area (Å²) in [5, 5.41) is 9.19. The lowest BCUT2D eigenvalue weighted by molar-refractivity contribution is -0.139. The van der Waals surface area contributed by atoms with Gasteiger partial charge in [0.2, 0.25) is 5.91 Å². The molecule has 2 aromatic carbocycles. The number of nitrogens with zero attached hydrogens (tertiary/aromatic N) is 2. The van der Waals surface area contributed by atoms with Crippen molar-refractivity contribution in [1.29, 1.82) is 0 Å². The maximum atomic E-state index is 13.0. The van der Waals surface area contributed by atoms with Crippen LogP contribution in [-0.2, 0) is 16.1 Å². The maximum Gasteiger partial charge on any atom is 0.296 e. The first kappa shape index (κ1) is 23.3. The van der Waals surface area contributed by atoms with Crippen LogP contribution in [0.3, 0.4) is 0 Å². The summed E-state index contributed by atoms with van der Waals surface area (Å²) in [6, 6.07) is 15.3. The van der Waals surface area contributed by atoms with Gasteiger partial charge in [-0.2, -0.15) is 5.10 Å². The van der Waals surface area contributed by atoms with Gasteiger partial charge in [-0.3, -0.25) is 9.59 Å². The highest BCUT2D eigenvalue weighted by atomic mass is 16.5. The molecular weight excluding hydrogens is 426 g/mol.